The van der Waals surface area contributed by atoms with E-state index >= 15 is 0 Å². The van der Waals surface area contributed by atoms with Crippen molar-refractivity contribution in [3.63, 3.8) is 0 Å². The highest BCUT2D eigenvalue weighted by Crippen LogP contribution is 2.23. The lowest BCUT2D eigenvalue weighted by molar-refractivity contribution is -0.131. The average Bonchev–Trinajstić information content (AvgIpc) is 2.66. The van der Waals surface area contributed by atoms with Crippen LogP contribution in [-0.2, 0) is 14.6 Å². The van der Waals surface area contributed by atoms with Crippen LogP contribution in [0.2, 0.25) is 10.0 Å². The van der Waals surface area contributed by atoms with Crippen LogP contribution < -0.4 is 4.90 Å². The van der Waals surface area contributed by atoms with Crippen molar-refractivity contribution in [2.75, 3.05) is 36.8 Å². The summed E-state index contributed by atoms with van der Waals surface area (Å²) >= 11 is 12.0. The average molecular weight is 427 g/mol. The van der Waals surface area contributed by atoms with Gasteiger partial charge in [0.05, 0.1) is 15.7 Å². The Hall–Kier alpha value is -1.76. The first-order chi connectivity index (χ1) is 12.9. The van der Waals surface area contributed by atoms with Crippen LogP contribution in [0, 0.1) is 0 Å². The molecule has 0 radical (unpaired) electrons. The standard InChI is InChI=1S/C19H20Cl2N2O3S/c20-15-4-3-5-16(14-15)22-9-11-23(12-10-22)19(24)8-13-27(25,26)18-7-2-1-6-17(18)21/h1-7,14H,8-13H2. The summed E-state index contributed by atoms with van der Waals surface area (Å²) in [4.78, 5) is 16.4. The number of amides is 1. The molecule has 1 amide bonds. The van der Waals surface area contributed by atoms with Crippen molar-refractivity contribution >= 4 is 44.6 Å². The smallest absolute Gasteiger partial charge is 0.223 e. The Balaban J connectivity index is 1.55. The van der Waals surface area contributed by atoms with Gasteiger partial charge in [0, 0.05) is 43.3 Å². The van der Waals surface area contributed by atoms with Gasteiger partial charge in [-0.2, -0.15) is 0 Å². The predicted molar refractivity (Wildman–Crippen MR) is 108 cm³/mol. The molecule has 0 atom stereocenters. The van der Waals surface area contributed by atoms with Crippen molar-refractivity contribution in [1.29, 1.82) is 0 Å². The number of piperazine rings is 1. The van der Waals surface area contributed by atoms with E-state index in [-0.39, 0.29) is 28.0 Å². The minimum Gasteiger partial charge on any atom is -0.368 e. The van der Waals surface area contributed by atoms with Crippen LogP contribution in [0.3, 0.4) is 0 Å². The van der Waals surface area contributed by atoms with Gasteiger partial charge in [-0.3, -0.25) is 4.79 Å². The molecular formula is C19H20Cl2N2O3S. The molecule has 27 heavy (non-hydrogen) atoms. The highest BCUT2D eigenvalue weighted by atomic mass is 35.5. The van der Waals surface area contributed by atoms with Crippen LogP contribution in [-0.4, -0.2) is 51.2 Å². The zero-order chi connectivity index (χ0) is 19.4. The summed E-state index contributed by atoms with van der Waals surface area (Å²) in [7, 11) is -3.59. The number of benzene rings is 2. The molecule has 0 saturated carbocycles. The lowest BCUT2D eigenvalue weighted by atomic mass is 10.2. The third kappa shape index (κ3) is 4.94. The quantitative estimate of drug-likeness (QED) is 0.733. The molecule has 2 aromatic rings. The molecule has 0 unspecified atom stereocenters. The molecule has 144 valence electrons. The van der Waals surface area contributed by atoms with Gasteiger partial charge in [0.2, 0.25) is 5.91 Å². The van der Waals surface area contributed by atoms with Crippen LogP contribution in [0.15, 0.2) is 53.4 Å². The maximum Gasteiger partial charge on any atom is 0.223 e. The van der Waals surface area contributed by atoms with Crippen LogP contribution in [0.5, 0.6) is 0 Å². The minimum absolute atomic E-state index is 0.0509. The number of sulfone groups is 1. The summed E-state index contributed by atoms with van der Waals surface area (Å²) in [5.74, 6) is -0.402. The molecular weight excluding hydrogens is 407 g/mol. The molecule has 1 saturated heterocycles. The maximum atomic E-state index is 12.4. The predicted octanol–water partition coefficient (Wildman–Crippen LogP) is 3.51. The molecule has 1 heterocycles. The van der Waals surface area contributed by atoms with Crippen LogP contribution in [0.25, 0.3) is 0 Å². The van der Waals surface area contributed by atoms with E-state index < -0.39 is 9.84 Å². The molecule has 0 bridgehead atoms. The Morgan fingerprint density at radius 3 is 2.33 bits per heavy atom. The second-order valence-corrected chi connectivity index (χ2v) is 9.27. The van der Waals surface area contributed by atoms with Crippen molar-refractivity contribution in [2.24, 2.45) is 0 Å². The number of halogens is 2. The Morgan fingerprint density at radius 1 is 0.963 bits per heavy atom. The third-order valence-electron chi connectivity index (χ3n) is 4.56. The summed E-state index contributed by atoms with van der Waals surface area (Å²) in [6.07, 6.45) is -0.0509. The number of hydrogen-bond acceptors (Lipinski definition) is 4. The number of hydrogen-bond donors (Lipinski definition) is 0. The molecule has 2 aromatic carbocycles. The van der Waals surface area contributed by atoms with Crippen molar-refractivity contribution < 1.29 is 13.2 Å². The van der Waals surface area contributed by atoms with Gasteiger partial charge in [0.1, 0.15) is 0 Å². The largest absolute Gasteiger partial charge is 0.368 e. The van der Waals surface area contributed by atoms with Gasteiger partial charge in [-0.05, 0) is 30.3 Å². The van der Waals surface area contributed by atoms with Crippen molar-refractivity contribution in [3.05, 3.63) is 58.6 Å². The van der Waals surface area contributed by atoms with Crippen LogP contribution >= 0.6 is 23.2 Å². The first-order valence-electron chi connectivity index (χ1n) is 8.62. The zero-order valence-electron chi connectivity index (χ0n) is 14.6. The molecule has 0 aliphatic carbocycles. The van der Waals surface area contributed by atoms with E-state index in [0.717, 1.165) is 5.69 Å². The highest BCUT2D eigenvalue weighted by molar-refractivity contribution is 7.91. The maximum absolute atomic E-state index is 12.4. The molecule has 0 aromatic heterocycles. The molecule has 1 fully saturated rings. The zero-order valence-corrected chi connectivity index (χ0v) is 17.0. The number of anilines is 1. The summed E-state index contributed by atoms with van der Waals surface area (Å²) in [5, 5.41) is 0.857. The van der Waals surface area contributed by atoms with E-state index in [1.54, 1.807) is 17.0 Å². The summed E-state index contributed by atoms with van der Waals surface area (Å²) in [5.41, 5.74) is 1.02. The molecule has 1 aliphatic heterocycles. The van der Waals surface area contributed by atoms with E-state index in [2.05, 4.69) is 4.90 Å². The van der Waals surface area contributed by atoms with Crippen molar-refractivity contribution in [2.45, 2.75) is 11.3 Å². The summed E-state index contributed by atoms with van der Waals surface area (Å²) in [6.45, 7) is 2.47. The van der Waals surface area contributed by atoms with Gasteiger partial charge in [-0.1, -0.05) is 41.4 Å². The van der Waals surface area contributed by atoms with Gasteiger partial charge in [0.25, 0.3) is 0 Å². The van der Waals surface area contributed by atoms with Crippen molar-refractivity contribution in [1.82, 2.24) is 4.90 Å². The minimum atomic E-state index is -3.59. The Labute approximate surface area is 169 Å². The lowest BCUT2D eigenvalue weighted by Crippen LogP contribution is -2.49. The second kappa shape index (κ2) is 8.50. The molecule has 0 N–H and O–H groups in total. The Morgan fingerprint density at radius 2 is 1.67 bits per heavy atom. The third-order valence-corrected chi connectivity index (χ3v) is 7.01. The van der Waals surface area contributed by atoms with Gasteiger partial charge in [-0.15, -0.1) is 0 Å². The van der Waals surface area contributed by atoms with Crippen LogP contribution in [0.1, 0.15) is 6.42 Å². The molecule has 3 rings (SSSR count). The Bertz CT molecular complexity index is 926. The SMILES string of the molecule is O=C(CCS(=O)(=O)c1ccccc1Cl)N1CCN(c2cccc(Cl)c2)CC1. The molecule has 8 heteroatoms. The molecule has 5 nitrogen and oxygen atoms in total. The van der Waals surface area contributed by atoms with Gasteiger partial charge in [-0.25, -0.2) is 8.42 Å². The van der Waals surface area contributed by atoms with E-state index in [1.807, 2.05) is 24.3 Å². The number of carbonyl (C=O) groups is 1. The monoisotopic (exact) mass is 426 g/mol. The van der Waals surface area contributed by atoms with Gasteiger partial charge in [0.15, 0.2) is 9.84 Å². The first kappa shape index (κ1) is 20.0. The fourth-order valence-electron chi connectivity index (χ4n) is 3.07. The van der Waals surface area contributed by atoms with E-state index in [1.165, 1.54) is 12.1 Å². The van der Waals surface area contributed by atoms with E-state index in [0.29, 0.717) is 31.2 Å². The fourth-order valence-corrected chi connectivity index (χ4v) is 5.06. The summed E-state index contributed by atoms with van der Waals surface area (Å²) in [6, 6.07) is 13.9. The number of rotatable bonds is 5. The van der Waals surface area contributed by atoms with Crippen molar-refractivity contribution in [3.8, 4) is 0 Å². The second-order valence-electron chi connectivity index (χ2n) is 6.35. The van der Waals surface area contributed by atoms with E-state index in [9.17, 15) is 13.2 Å². The topological polar surface area (TPSA) is 57.7 Å². The number of carbonyl (C=O) groups excluding carboxylic acids is 1. The Kier molecular flexibility index (Phi) is 6.29. The first-order valence-corrected chi connectivity index (χ1v) is 11.0. The van der Waals surface area contributed by atoms with E-state index in [4.69, 9.17) is 23.2 Å². The molecule has 1 aliphatic rings. The van der Waals surface area contributed by atoms with Gasteiger partial charge < -0.3 is 9.80 Å². The van der Waals surface area contributed by atoms with Crippen LogP contribution in [0.4, 0.5) is 5.69 Å². The lowest BCUT2D eigenvalue weighted by Gasteiger charge is -2.36. The number of nitrogens with zero attached hydrogens (tertiary/aromatic N) is 2. The normalized spacial score (nSPS) is 15.0. The molecule has 0 spiro atoms. The fraction of sp³-hybridized carbons (Fsp3) is 0.316. The highest BCUT2D eigenvalue weighted by Gasteiger charge is 2.24. The summed E-state index contributed by atoms with van der Waals surface area (Å²) < 4.78 is 24.9. The van der Waals surface area contributed by atoms with Gasteiger partial charge >= 0.3 is 0 Å².